The van der Waals surface area contributed by atoms with Gasteiger partial charge in [0.05, 0.1) is 22.8 Å². The Labute approximate surface area is 190 Å². The highest BCUT2D eigenvalue weighted by atomic mass is 35.5. The van der Waals surface area contributed by atoms with E-state index in [2.05, 4.69) is 9.84 Å². The molecular formula is C21H17ClF3N5O3. The molecule has 172 valence electrons. The molecule has 33 heavy (non-hydrogen) atoms. The molecule has 3 aromatic rings. The number of halogens is 4. The lowest BCUT2D eigenvalue weighted by Gasteiger charge is -2.36. The van der Waals surface area contributed by atoms with Crippen molar-refractivity contribution < 1.29 is 27.5 Å². The number of carbonyl (C=O) groups is 2. The van der Waals surface area contributed by atoms with E-state index in [1.807, 2.05) is 0 Å². The van der Waals surface area contributed by atoms with Crippen molar-refractivity contribution in [3.63, 3.8) is 0 Å². The third-order valence-corrected chi connectivity index (χ3v) is 5.53. The first-order valence-electron chi connectivity index (χ1n) is 9.64. The molecule has 1 atom stereocenters. The first-order valence-corrected chi connectivity index (χ1v) is 10.0. The number of nitrogens with zero attached hydrogens (tertiary/aromatic N) is 3. The summed E-state index contributed by atoms with van der Waals surface area (Å²) < 4.78 is 44.9. The summed E-state index contributed by atoms with van der Waals surface area (Å²) in [6, 6.07) is 7.68. The van der Waals surface area contributed by atoms with Crippen molar-refractivity contribution >= 4 is 23.5 Å². The second-order valence-corrected chi connectivity index (χ2v) is 7.62. The minimum atomic E-state index is -3.08. The van der Waals surface area contributed by atoms with Crippen LogP contribution < -0.4 is 16.2 Å². The largest absolute Gasteiger partial charge is 0.433 e. The van der Waals surface area contributed by atoms with Gasteiger partial charge in [0.2, 0.25) is 0 Å². The Morgan fingerprint density at radius 3 is 2.52 bits per heavy atom. The Morgan fingerprint density at radius 1 is 1.15 bits per heavy atom. The van der Waals surface area contributed by atoms with Crippen molar-refractivity contribution in [2.45, 2.75) is 19.2 Å². The maximum absolute atomic E-state index is 13.9. The first-order chi connectivity index (χ1) is 15.7. The van der Waals surface area contributed by atoms with Crippen LogP contribution in [0.3, 0.4) is 0 Å². The van der Waals surface area contributed by atoms with E-state index in [0.717, 1.165) is 0 Å². The number of benzene rings is 2. The third kappa shape index (κ3) is 4.19. The number of hydrogen-bond acceptors (Lipinski definition) is 4. The molecule has 2 aromatic carbocycles. The fourth-order valence-corrected chi connectivity index (χ4v) is 4.17. The summed E-state index contributed by atoms with van der Waals surface area (Å²) in [6.07, 6.45) is 0. The van der Waals surface area contributed by atoms with Crippen molar-refractivity contribution in [1.29, 1.82) is 0 Å². The number of rotatable bonds is 5. The SMILES string of the molecule is NC(=O)c1c(-c2cccc(F)c2)nn2c1C(c1ccc(OC(F)F)c(Cl)c1)N(C(N)=O)CC2. The molecule has 0 fully saturated rings. The van der Waals surface area contributed by atoms with Gasteiger partial charge in [0.15, 0.2) is 0 Å². The molecule has 0 saturated heterocycles. The highest BCUT2D eigenvalue weighted by Crippen LogP contribution is 2.40. The van der Waals surface area contributed by atoms with Gasteiger partial charge in [0.1, 0.15) is 23.3 Å². The Bertz CT molecular complexity index is 1250. The lowest BCUT2D eigenvalue weighted by molar-refractivity contribution is -0.0498. The van der Waals surface area contributed by atoms with Crippen LogP contribution in [-0.2, 0) is 6.54 Å². The molecule has 1 unspecified atom stereocenters. The van der Waals surface area contributed by atoms with Gasteiger partial charge < -0.3 is 21.1 Å². The fourth-order valence-electron chi connectivity index (χ4n) is 3.94. The number of primary amides is 2. The Hall–Kier alpha value is -3.73. The van der Waals surface area contributed by atoms with E-state index in [1.54, 1.807) is 6.07 Å². The third-order valence-electron chi connectivity index (χ3n) is 5.23. The molecule has 12 heteroatoms. The molecule has 0 spiro atoms. The van der Waals surface area contributed by atoms with Crippen LogP contribution >= 0.6 is 11.6 Å². The number of aromatic nitrogens is 2. The molecule has 1 aliphatic rings. The van der Waals surface area contributed by atoms with Crippen LogP contribution in [0.25, 0.3) is 11.3 Å². The van der Waals surface area contributed by atoms with Crippen molar-refractivity contribution in [1.82, 2.24) is 14.7 Å². The maximum Gasteiger partial charge on any atom is 0.387 e. The number of alkyl halides is 2. The van der Waals surface area contributed by atoms with E-state index in [-0.39, 0.29) is 40.8 Å². The molecule has 8 nitrogen and oxygen atoms in total. The number of ether oxygens (including phenoxy) is 1. The Balaban J connectivity index is 1.92. The molecule has 1 aromatic heterocycles. The van der Waals surface area contributed by atoms with Gasteiger partial charge in [-0.15, -0.1) is 0 Å². The van der Waals surface area contributed by atoms with E-state index >= 15 is 0 Å². The summed E-state index contributed by atoms with van der Waals surface area (Å²) >= 11 is 6.12. The van der Waals surface area contributed by atoms with Crippen LogP contribution in [0.2, 0.25) is 5.02 Å². The molecule has 2 heterocycles. The lowest BCUT2D eigenvalue weighted by Crippen LogP contribution is -2.46. The highest BCUT2D eigenvalue weighted by molar-refractivity contribution is 6.32. The van der Waals surface area contributed by atoms with Gasteiger partial charge >= 0.3 is 12.6 Å². The van der Waals surface area contributed by atoms with Gasteiger partial charge in [-0.05, 0) is 29.8 Å². The van der Waals surface area contributed by atoms with E-state index in [9.17, 15) is 22.8 Å². The molecule has 0 bridgehead atoms. The van der Waals surface area contributed by atoms with Crippen molar-refractivity contribution in [2.75, 3.05) is 6.54 Å². The predicted octanol–water partition coefficient (Wildman–Crippen LogP) is 3.53. The summed E-state index contributed by atoms with van der Waals surface area (Å²) in [7, 11) is 0. The molecule has 4 N–H and O–H groups in total. The van der Waals surface area contributed by atoms with E-state index in [1.165, 1.54) is 46.0 Å². The molecule has 0 radical (unpaired) electrons. The van der Waals surface area contributed by atoms with Gasteiger partial charge in [0.25, 0.3) is 5.91 Å². The number of amides is 3. The number of hydrogen-bond donors (Lipinski definition) is 2. The Kier molecular flexibility index (Phi) is 5.90. The van der Waals surface area contributed by atoms with Gasteiger partial charge in [-0.1, -0.05) is 29.8 Å². The molecule has 4 rings (SSSR count). The summed E-state index contributed by atoms with van der Waals surface area (Å²) in [6.45, 7) is -2.77. The quantitative estimate of drug-likeness (QED) is 0.582. The van der Waals surface area contributed by atoms with Crippen molar-refractivity contribution in [3.05, 3.63) is 70.1 Å². The van der Waals surface area contributed by atoms with Gasteiger partial charge in [-0.2, -0.15) is 13.9 Å². The summed E-state index contributed by atoms with van der Waals surface area (Å²) in [5, 5.41) is 4.31. The Morgan fingerprint density at radius 2 is 1.91 bits per heavy atom. The molecule has 3 amide bonds. The first kappa shape index (κ1) is 22.5. The zero-order valence-electron chi connectivity index (χ0n) is 16.8. The topological polar surface area (TPSA) is 116 Å². The monoisotopic (exact) mass is 479 g/mol. The summed E-state index contributed by atoms with van der Waals surface area (Å²) in [5.74, 6) is -1.65. The minimum Gasteiger partial charge on any atom is -0.433 e. The number of fused-ring (bicyclic) bond motifs is 1. The van der Waals surface area contributed by atoms with Crippen LogP contribution in [0, 0.1) is 5.82 Å². The van der Waals surface area contributed by atoms with Crippen molar-refractivity contribution in [3.8, 4) is 17.0 Å². The standard InChI is InChI=1S/C21H17ClF3N5O3/c22-13-9-11(4-5-14(13)33-20(24)25)17-18-15(19(26)31)16(10-2-1-3-12(23)8-10)28-30(18)7-6-29(17)21(27)32/h1-5,8-9,17,20H,6-7H2,(H2,26,31)(H2,27,32). The number of nitrogens with two attached hydrogens (primary N) is 2. The van der Waals surface area contributed by atoms with Gasteiger partial charge in [-0.3, -0.25) is 9.48 Å². The average molecular weight is 480 g/mol. The van der Waals surface area contributed by atoms with E-state index in [0.29, 0.717) is 11.1 Å². The normalized spacial score (nSPS) is 15.4. The maximum atomic E-state index is 13.9. The minimum absolute atomic E-state index is 0.0272. The van der Waals surface area contributed by atoms with Crippen LogP contribution in [0.5, 0.6) is 5.75 Å². The van der Waals surface area contributed by atoms with Crippen LogP contribution in [0.1, 0.15) is 27.7 Å². The molecule has 1 aliphatic heterocycles. The summed E-state index contributed by atoms with van der Waals surface area (Å²) in [4.78, 5) is 26.0. The molecule has 0 aliphatic carbocycles. The second kappa shape index (κ2) is 8.66. The second-order valence-electron chi connectivity index (χ2n) is 7.21. The van der Waals surface area contributed by atoms with Crippen LogP contribution in [0.15, 0.2) is 42.5 Å². The highest BCUT2D eigenvalue weighted by Gasteiger charge is 2.38. The number of urea groups is 1. The van der Waals surface area contributed by atoms with Crippen molar-refractivity contribution in [2.24, 2.45) is 11.5 Å². The lowest BCUT2D eigenvalue weighted by atomic mass is 9.94. The summed E-state index contributed by atoms with van der Waals surface area (Å²) in [5.41, 5.74) is 12.3. The fraction of sp³-hybridized carbons (Fsp3) is 0.190. The zero-order chi connectivity index (χ0) is 23.9. The van der Waals surface area contributed by atoms with Crippen LogP contribution in [0.4, 0.5) is 18.0 Å². The molecule has 0 saturated carbocycles. The number of carbonyl (C=O) groups excluding carboxylic acids is 2. The van der Waals surface area contributed by atoms with E-state index in [4.69, 9.17) is 23.1 Å². The zero-order valence-corrected chi connectivity index (χ0v) is 17.6. The predicted molar refractivity (Wildman–Crippen MR) is 112 cm³/mol. The molecular weight excluding hydrogens is 463 g/mol. The van der Waals surface area contributed by atoms with E-state index < -0.39 is 30.4 Å². The van der Waals surface area contributed by atoms with Gasteiger partial charge in [-0.25, -0.2) is 9.18 Å². The average Bonchev–Trinajstić information content (AvgIpc) is 3.14. The van der Waals surface area contributed by atoms with Gasteiger partial charge in [0, 0.05) is 12.1 Å². The van der Waals surface area contributed by atoms with Crippen LogP contribution in [-0.4, -0.2) is 39.8 Å². The smallest absolute Gasteiger partial charge is 0.387 e.